The number of hydrogen-bond acceptors (Lipinski definition) is 6. The van der Waals surface area contributed by atoms with Crippen LogP contribution in [0.3, 0.4) is 0 Å². The van der Waals surface area contributed by atoms with Crippen LogP contribution >= 0.6 is 0 Å². The Labute approximate surface area is 136 Å². The third kappa shape index (κ3) is 5.78. The second-order valence-corrected chi connectivity index (χ2v) is 5.66. The number of nitrogens with one attached hydrogen (secondary N) is 1. The zero-order valence-electron chi connectivity index (χ0n) is 13.9. The van der Waals surface area contributed by atoms with E-state index in [1.165, 1.54) is 0 Å². The molecule has 1 aromatic rings. The first-order valence-corrected chi connectivity index (χ1v) is 7.81. The van der Waals surface area contributed by atoms with Crippen molar-refractivity contribution in [2.24, 2.45) is 0 Å². The lowest BCUT2D eigenvalue weighted by Gasteiger charge is -2.36. The van der Waals surface area contributed by atoms with Crippen LogP contribution in [-0.4, -0.2) is 63.1 Å². The molecule has 0 spiro atoms. The first-order valence-electron chi connectivity index (χ1n) is 7.81. The molecule has 1 aliphatic rings. The summed E-state index contributed by atoms with van der Waals surface area (Å²) in [4.78, 5) is 18.3. The normalized spacial score (nSPS) is 21.3. The number of carbonyl (C=O) groups is 1. The summed E-state index contributed by atoms with van der Waals surface area (Å²) in [5.74, 6) is 0.686. The van der Waals surface area contributed by atoms with Gasteiger partial charge in [0.15, 0.2) is 0 Å². The minimum atomic E-state index is -0.204. The molecule has 7 nitrogen and oxygen atoms in total. The summed E-state index contributed by atoms with van der Waals surface area (Å²) in [6.07, 6.45) is 2.03. The van der Waals surface area contributed by atoms with E-state index in [0.717, 1.165) is 18.9 Å². The van der Waals surface area contributed by atoms with E-state index in [4.69, 9.17) is 14.2 Å². The van der Waals surface area contributed by atoms with Gasteiger partial charge in [0, 0.05) is 20.2 Å². The zero-order chi connectivity index (χ0) is 16.7. The summed E-state index contributed by atoms with van der Waals surface area (Å²) < 4.78 is 15.7. The first kappa shape index (κ1) is 17.7. The fourth-order valence-electron chi connectivity index (χ4n) is 2.52. The van der Waals surface area contributed by atoms with Gasteiger partial charge in [-0.2, -0.15) is 0 Å². The molecular weight excluding hydrogens is 298 g/mol. The molecule has 1 aromatic heterocycles. The molecule has 0 radical (unpaired) electrons. The van der Waals surface area contributed by atoms with Crippen LogP contribution in [0.15, 0.2) is 18.3 Å². The van der Waals surface area contributed by atoms with Crippen LogP contribution < -0.4 is 10.2 Å². The van der Waals surface area contributed by atoms with Gasteiger partial charge in [-0.05, 0) is 26.0 Å². The van der Waals surface area contributed by atoms with Gasteiger partial charge in [0.2, 0.25) is 5.91 Å². The summed E-state index contributed by atoms with van der Waals surface area (Å²) in [6.45, 7) is 6.62. The van der Waals surface area contributed by atoms with E-state index in [9.17, 15) is 4.79 Å². The van der Waals surface area contributed by atoms with Crippen molar-refractivity contribution >= 4 is 17.4 Å². The molecule has 2 heterocycles. The lowest BCUT2D eigenvalue weighted by molar-refractivity contribution is -0.121. The molecule has 7 heteroatoms. The van der Waals surface area contributed by atoms with Gasteiger partial charge >= 0.3 is 0 Å². The van der Waals surface area contributed by atoms with Gasteiger partial charge in [0.1, 0.15) is 12.4 Å². The highest BCUT2D eigenvalue weighted by Crippen LogP contribution is 2.19. The number of rotatable bonds is 7. The average Bonchev–Trinajstić information content (AvgIpc) is 2.51. The first-order chi connectivity index (χ1) is 11.1. The Morgan fingerprint density at radius 2 is 2.09 bits per heavy atom. The van der Waals surface area contributed by atoms with Crippen molar-refractivity contribution in [2.75, 3.05) is 50.2 Å². The second kappa shape index (κ2) is 8.81. The van der Waals surface area contributed by atoms with Crippen molar-refractivity contribution < 1.29 is 19.0 Å². The molecule has 2 rings (SSSR count). The van der Waals surface area contributed by atoms with Crippen LogP contribution in [0, 0.1) is 0 Å². The molecule has 0 unspecified atom stereocenters. The summed E-state index contributed by atoms with van der Waals surface area (Å²) >= 11 is 0. The molecule has 23 heavy (non-hydrogen) atoms. The van der Waals surface area contributed by atoms with Gasteiger partial charge < -0.3 is 24.4 Å². The number of amides is 1. The average molecular weight is 323 g/mol. The fraction of sp³-hybridized carbons (Fsp3) is 0.625. The van der Waals surface area contributed by atoms with E-state index in [-0.39, 0.29) is 24.7 Å². The molecular formula is C16H25N3O4. The Morgan fingerprint density at radius 3 is 2.70 bits per heavy atom. The highest BCUT2D eigenvalue weighted by atomic mass is 16.5. The molecule has 0 aliphatic carbocycles. The SMILES string of the molecule is COCCOCC(=O)Nc1ccc(N2C[C@@H](C)O[C@H](C)C2)nc1. The number of pyridine rings is 1. The predicted octanol–water partition coefficient (Wildman–Crippen LogP) is 1.30. The summed E-state index contributed by atoms with van der Waals surface area (Å²) in [6, 6.07) is 3.76. The van der Waals surface area contributed by atoms with E-state index in [1.807, 2.05) is 12.1 Å². The molecule has 1 saturated heterocycles. The third-order valence-electron chi connectivity index (χ3n) is 3.44. The highest BCUT2D eigenvalue weighted by Gasteiger charge is 2.22. The number of methoxy groups -OCH3 is 1. The van der Waals surface area contributed by atoms with Crippen molar-refractivity contribution in [3.05, 3.63) is 18.3 Å². The minimum Gasteiger partial charge on any atom is -0.382 e. The van der Waals surface area contributed by atoms with Crippen LogP contribution in [-0.2, 0) is 19.0 Å². The van der Waals surface area contributed by atoms with Gasteiger partial charge in [0.25, 0.3) is 0 Å². The fourth-order valence-corrected chi connectivity index (χ4v) is 2.52. The summed E-state index contributed by atoms with van der Waals surface area (Å²) in [7, 11) is 1.59. The Hall–Kier alpha value is -1.70. The Kier molecular flexibility index (Phi) is 6.76. The number of carbonyl (C=O) groups excluding carboxylic acids is 1. The standard InChI is InChI=1S/C16H25N3O4/c1-12-9-19(10-13(2)23-12)15-5-4-14(8-17-15)18-16(20)11-22-7-6-21-3/h4-5,8,12-13H,6-7,9-11H2,1-3H3,(H,18,20)/t12-,13-/m1/s1. The van der Waals surface area contributed by atoms with Crippen LogP contribution in [0.4, 0.5) is 11.5 Å². The lowest BCUT2D eigenvalue weighted by Crippen LogP contribution is -2.45. The lowest BCUT2D eigenvalue weighted by atomic mass is 10.2. The van der Waals surface area contributed by atoms with Crippen molar-refractivity contribution in [3.63, 3.8) is 0 Å². The van der Waals surface area contributed by atoms with E-state index in [0.29, 0.717) is 18.9 Å². The Morgan fingerprint density at radius 1 is 1.35 bits per heavy atom. The molecule has 1 N–H and O–H groups in total. The van der Waals surface area contributed by atoms with Crippen molar-refractivity contribution in [2.45, 2.75) is 26.1 Å². The minimum absolute atomic E-state index is 0.00358. The van der Waals surface area contributed by atoms with Gasteiger partial charge in [0.05, 0.1) is 37.3 Å². The largest absolute Gasteiger partial charge is 0.382 e. The van der Waals surface area contributed by atoms with Gasteiger partial charge in [-0.3, -0.25) is 4.79 Å². The number of aromatic nitrogens is 1. The number of hydrogen-bond donors (Lipinski definition) is 1. The number of ether oxygens (including phenoxy) is 3. The van der Waals surface area contributed by atoms with Crippen LogP contribution in [0.2, 0.25) is 0 Å². The van der Waals surface area contributed by atoms with Crippen LogP contribution in [0.25, 0.3) is 0 Å². The van der Waals surface area contributed by atoms with Crippen LogP contribution in [0.5, 0.6) is 0 Å². The monoisotopic (exact) mass is 323 g/mol. The molecule has 1 fully saturated rings. The molecule has 2 atom stereocenters. The molecule has 0 bridgehead atoms. The van der Waals surface area contributed by atoms with Crippen molar-refractivity contribution in [1.82, 2.24) is 4.98 Å². The molecule has 0 saturated carbocycles. The highest BCUT2D eigenvalue weighted by molar-refractivity contribution is 5.91. The maximum atomic E-state index is 11.7. The van der Waals surface area contributed by atoms with Crippen molar-refractivity contribution in [1.29, 1.82) is 0 Å². The Bertz CT molecular complexity index is 485. The van der Waals surface area contributed by atoms with E-state index in [2.05, 4.69) is 29.0 Å². The van der Waals surface area contributed by atoms with Gasteiger partial charge in [-0.25, -0.2) is 4.98 Å². The quantitative estimate of drug-likeness (QED) is 0.763. The second-order valence-electron chi connectivity index (χ2n) is 5.66. The molecule has 0 aromatic carbocycles. The predicted molar refractivity (Wildman–Crippen MR) is 87.8 cm³/mol. The number of anilines is 2. The van der Waals surface area contributed by atoms with Gasteiger partial charge in [-0.1, -0.05) is 0 Å². The maximum Gasteiger partial charge on any atom is 0.250 e. The summed E-state index contributed by atoms with van der Waals surface area (Å²) in [5.41, 5.74) is 0.656. The zero-order valence-corrected chi connectivity index (χ0v) is 13.9. The molecule has 1 amide bonds. The van der Waals surface area contributed by atoms with E-state index < -0.39 is 0 Å². The summed E-state index contributed by atoms with van der Waals surface area (Å²) in [5, 5.41) is 2.76. The number of nitrogens with zero attached hydrogens (tertiary/aromatic N) is 2. The molecule has 128 valence electrons. The third-order valence-corrected chi connectivity index (χ3v) is 3.44. The Balaban J connectivity index is 1.83. The topological polar surface area (TPSA) is 72.9 Å². The maximum absolute atomic E-state index is 11.7. The van der Waals surface area contributed by atoms with Crippen molar-refractivity contribution in [3.8, 4) is 0 Å². The van der Waals surface area contributed by atoms with E-state index >= 15 is 0 Å². The van der Waals surface area contributed by atoms with E-state index in [1.54, 1.807) is 13.3 Å². The smallest absolute Gasteiger partial charge is 0.250 e. The number of morpholine rings is 1. The van der Waals surface area contributed by atoms with Crippen LogP contribution in [0.1, 0.15) is 13.8 Å². The molecule has 1 aliphatic heterocycles. The van der Waals surface area contributed by atoms with Gasteiger partial charge in [-0.15, -0.1) is 0 Å².